The predicted molar refractivity (Wildman–Crippen MR) is 90.2 cm³/mol. The third kappa shape index (κ3) is 4.89. The number of aryl methyl sites for hydroxylation is 1. The number of hydrogen-bond donors (Lipinski definition) is 1. The number of nitrogens with one attached hydrogen (secondary N) is 1. The Balaban J connectivity index is 1.96. The summed E-state index contributed by atoms with van der Waals surface area (Å²) in [6, 6.07) is 8.05. The van der Waals surface area contributed by atoms with Gasteiger partial charge < -0.3 is 10.1 Å². The van der Waals surface area contributed by atoms with Gasteiger partial charge in [0.25, 0.3) is 5.91 Å². The summed E-state index contributed by atoms with van der Waals surface area (Å²) in [5, 5.41) is 5.33. The van der Waals surface area contributed by atoms with Crippen molar-refractivity contribution in [3.8, 4) is 10.6 Å². The maximum Gasteiger partial charge on any atom is 0.312 e. The summed E-state index contributed by atoms with van der Waals surface area (Å²) in [5.74, 6) is -0.746. The van der Waals surface area contributed by atoms with Crippen molar-refractivity contribution >= 4 is 23.2 Å². The van der Waals surface area contributed by atoms with Gasteiger partial charge in [-0.1, -0.05) is 23.8 Å². The summed E-state index contributed by atoms with van der Waals surface area (Å²) in [6.07, 6.45) is -0.733. The van der Waals surface area contributed by atoms with Crippen molar-refractivity contribution in [1.29, 1.82) is 0 Å². The molecule has 1 atom stereocenters. The highest BCUT2D eigenvalue weighted by Gasteiger charge is 2.18. The quantitative estimate of drug-likeness (QED) is 0.826. The van der Waals surface area contributed by atoms with E-state index < -0.39 is 12.1 Å². The number of likely N-dealkylation sites (N-methyl/N-ethyl adjacent to an activating group) is 1. The highest BCUT2D eigenvalue weighted by atomic mass is 32.1. The number of carbonyl (C=O) groups excluding carboxylic acids is 2. The zero-order valence-electron chi connectivity index (χ0n) is 13.5. The minimum Gasteiger partial charge on any atom is -0.452 e. The highest BCUT2D eigenvalue weighted by molar-refractivity contribution is 7.13. The number of amides is 1. The summed E-state index contributed by atoms with van der Waals surface area (Å²) >= 11 is 1.49. The molecule has 122 valence electrons. The van der Waals surface area contributed by atoms with Crippen molar-refractivity contribution in [3.63, 3.8) is 0 Å². The molecular formula is C17H20N2O3S. The molecule has 2 aromatic rings. The van der Waals surface area contributed by atoms with E-state index in [1.165, 1.54) is 11.3 Å². The average molecular weight is 332 g/mol. The summed E-state index contributed by atoms with van der Waals surface area (Å²) in [7, 11) is 0. The summed E-state index contributed by atoms with van der Waals surface area (Å²) in [5.41, 5.74) is 2.85. The van der Waals surface area contributed by atoms with E-state index in [0.717, 1.165) is 16.1 Å². The van der Waals surface area contributed by atoms with Gasteiger partial charge in [-0.25, -0.2) is 4.98 Å². The molecule has 0 saturated carbocycles. The Morgan fingerprint density at radius 1 is 1.39 bits per heavy atom. The van der Waals surface area contributed by atoms with Crippen molar-refractivity contribution in [2.45, 2.75) is 33.3 Å². The molecule has 0 unspecified atom stereocenters. The zero-order chi connectivity index (χ0) is 16.8. The topological polar surface area (TPSA) is 68.3 Å². The number of nitrogens with zero attached hydrogens (tertiary/aromatic N) is 1. The van der Waals surface area contributed by atoms with Gasteiger partial charge in [0.2, 0.25) is 0 Å². The van der Waals surface area contributed by atoms with Gasteiger partial charge in [-0.2, -0.15) is 0 Å². The van der Waals surface area contributed by atoms with E-state index in [4.69, 9.17) is 4.74 Å². The molecule has 1 heterocycles. The van der Waals surface area contributed by atoms with E-state index in [0.29, 0.717) is 12.2 Å². The van der Waals surface area contributed by atoms with Crippen LogP contribution in [-0.4, -0.2) is 29.5 Å². The minimum atomic E-state index is -0.794. The number of ether oxygens (including phenoxy) is 1. The number of benzene rings is 1. The van der Waals surface area contributed by atoms with Crippen LogP contribution in [0.4, 0.5) is 0 Å². The van der Waals surface area contributed by atoms with Gasteiger partial charge in [-0.3, -0.25) is 9.59 Å². The van der Waals surface area contributed by atoms with E-state index in [1.807, 2.05) is 37.4 Å². The van der Waals surface area contributed by atoms with Gasteiger partial charge in [0.15, 0.2) is 6.10 Å². The number of rotatable bonds is 6. The lowest BCUT2D eigenvalue weighted by Crippen LogP contribution is -2.35. The van der Waals surface area contributed by atoms with E-state index in [-0.39, 0.29) is 12.3 Å². The molecule has 1 N–H and O–H groups in total. The number of aromatic nitrogens is 1. The fourth-order valence-corrected chi connectivity index (χ4v) is 2.87. The number of thiazole rings is 1. The van der Waals surface area contributed by atoms with Gasteiger partial charge in [-0.15, -0.1) is 11.3 Å². The number of esters is 1. The van der Waals surface area contributed by atoms with Gasteiger partial charge in [0, 0.05) is 17.5 Å². The molecule has 0 saturated heterocycles. The Bertz CT molecular complexity index is 697. The molecule has 0 bridgehead atoms. The Morgan fingerprint density at radius 2 is 2.17 bits per heavy atom. The average Bonchev–Trinajstić information content (AvgIpc) is 2.95. The lowest BCUT2D eigenvalue weighted by Gasteiger charge is -2.11. The molecule has 0 aliphatic heterocycles. The van der Waals surface area contributed by atoms with Gasteiger partial charge >= 0.3 is 5.97 Å². The minimum absolute atomic E-state index is 0.0616. The fourth-order valence-electron chi connectivity index (χ4n) is 2.06. The molecule has 1 aromatic carbocycles. The van der Waals surface area contributed by atoms with Crippen molar-refractivity contribution in [1.82, 2.24) is 10.3 Å². The second-order valence-electron chi connectivity index (χ2n) is 5.22. The molecule has 0 aliphatic carbocycles. The smallest absolute Gasteiger partial charge is 0.312 e. The second-order valence-corrected chi connectivity index (χ2v) is 6.08. The monoisotopic (exact) mass is 332 g/mol. The largest absolute Gasteiger partial charge is 0.452 e. The van der Waals surface area contributed by atoms with Crippen LogP contribution in [0.2, 0.25) is 0 Å². The molecule has 0 fully saturated rings. The van der Waals surface area contributed by atoms with Crippen LogP contribution < -0.4 is 5.32 Å². The van der Waals surface area contributed by atoms with E-state index >= 15 is 0 Å². The molecule has 0 spiro atoms. The van der Waals surface area contributed by atoms with Crippen molar-refractivity contribution in [2.24, 2.45) is 0 Å². The third-order valence-corrected chi connectivity index (χ3v) is 4.11. The highest BCUT2D eigenvalue weighted by Crippen LogP contribution is 2.24. The molecule has 2 rings (SSSR count). The molecular weight excluding hydrogens is 312 g/mol. The van der Waals surface area contributed by atoms with Crippen LogP contribution in [0.5, 0.6) is 0 Å². The van der Waals surface area contributed by atoms with Crippen LogP contribution in [-0.2, 0) is 20.7 Å². The Kier molecular flexibility index (Phi) is 5.87. The van der Waals surface area contributed by atoms with E-state index in [1.54, 1.807) is 6.92 Å². The molecule has 0 aliphatic rings. The predicted octanol–water partition coefficient (Wildman–Crippen LogP) is 2.73. The standard InChI is InChI=1S/C17H20N2O3S/c1-4-18-16(21)12(3)22-15(20)9-14-10-23-17(19-14)13-7-5-6-11(2)8-13/h5-8,10,12H,4,9H2,1-3H3,(H,18,21)/t12-/m0/s1. The first-order chi connectivity index (χ1) is 11.0. The lowest BCUT2D eigenvalue weighted by atomic mass is 10.1. The summed E-state index contributed by atoms with van der Waals surface area (Å²) < 4.78 is 5.12. The van der Waals surface area contributed by atoms with Crippen LogP contribution in [0.25, 0.3) is 10.6 Å². The number of carbonyl (C=O) groups is 2. The van der Waals surface area contributed by atoms with E-state index in [9.17, 15) is 9.59 Å². The zero-order valence-corrected chi connectivity index (χ0v) is 14.3. The van der Waals surface area contributed by atoms with Crippen molar-refractivity contribution in [3.05, 3.63) is 40.9 Å². The number of hydrogen-bond acceptors (Lipinski definition) is 5. The fraction of sp³-hybridized carbons (Fsp3) is 0.353. The van der Waals surface area contributed by atoms with Crippen LogP contribution in [0.1, 0.15) is 25.1 Å². The van der Waals surface area contributed by atoms with Gasteiger partial charge in [0.1, 0.15) is 5.01 Å². The normalized spacial score (nSPS) is 11.8. The first-order valence-electron chi connectivity index (χ1n) is 7.48. The molecule has 5 nitrogen and oxygen atoms in total. The van der Waals surface area contributed by atoms with Crippen LogP contribution >= 0.6 is 11.3 Å². The van der Waals surface area contributed by atoms with Gasteiger partial charge in [0.05, 0.1) is 12.1 Å². The maximum atomic E-state index is 11.9. The van der Waals surface area contributed by atoms with E-state index in [2.05, 4.69) is 16.4 Å². The first-order valence-corrected chi connectivity index (χ1v) is 8.36. The lowest BCUT2D eigenvalue weighted by molar-refractivity contribution is -0.154. The summed E-state index contributed by atoms with van der Waals surface area (Å²) in [4.78, 5) is 27.9. The Labute approximate surface area is 139 Å². The van der Waals surface area contributed by atoms with Crippen LogP contribution in [0.15, 0.2) is 29.6 Å². The molecule has 6 heteroatoms. The third-order valence-electron chi connectivity index (χ3n) is 3.17. The first kappa shape index (κ1) is 17.1. The second kappa shape index (κ2) is 7.87. The van der Waals surface area contributed by atoms with Gasteiger partial charge in [-0.05, 0) is 26.8 Å². The Morgan fingerprint density at radius 3 is 2.87 bits per heavy atom. The maximum absolute atomic E-state index is 11.9. The molecule has 0 radical (unpaired) electrons. The molecule has 1 amide bonds. The molecule has 1 aromatic heterocycles. The summed E-state index contributed by atoms with van der Waals surface area (Å²) in [6.45, 7) is 5.90. The van der Waals surface area contributed by atoms with Crippen molar-refractivity contribution < 1.29 is 14.3 Å². The van der Waals surface area contributed by atoms with Crippen LogP contribution in [0, 0.1) is 6.92 Å². The SMILES string of the molecule is CCNC(=O)[C@H](C)OC(=O)Cc1csc(-c2cccc(C)c2)n1. The van der Waals surface area contributed by atoms with Crippen molar-refractivity contribution in [2.75, 3.05) is 6.54 Å². The molecule has 23 heavy (non-hydrogen) atoms. The Hall–Kier alpha value is -2.21. The van der Waals surface area contributed by atoms with Crippen LogP contribution in [0.3, 0.4) is 0 Å².